The Bertz CT molecular complexity index is 1060. The lowest BCUT2D eigenvalue weighted by atomic mass is 9.86. The second-order valence-corrected chi connectivity index (χ2v) is 9.03. The number of rotatable bonds is 8. The van der Waals surface area contributed by atoms with Gasteiger partial charge in [0, 0.05) is 30.1 Å². The quantitative estimate of drug-likeness (QED) is 0.539. The van der Waals surface area contributed by atoms with Gasteiger partial charge in [0.25, 0.3) is 5.91 Å². The van der Waals surface area contributed by atoms with E-state index in [0.717, 1.165) is 22.4 Å². The fourth-order valence-corrected chi connectivity index (χ4v) is 3.16. The molecule has 1 aromatic heterocycles. The molecule has 0 saturated heterocycles. The molecule has 0 saturated carbocycles. The number of nitrogens with one attached hydrogen (secondary N) is 2. The lowest BCUT2D eigenvalue weighted by molar-refractivity contribution is -0.122. The van der Waals surface area contributed by atoms with Gasteiger partial charge in [-0.2, -0.15) is 0 Å². The third kappa shape index (κ3) is 7.17. The van der Waals surface area contributed by atoms with Gasteiger partial charge < -0.3 is 15.4 Å². The summed E-state index contributed by atoms with van der Waals surface area (Å²) in [6.45, 7) is 8.85. The minimum Gasteiger partial charge on any atom is -0.489 e. The second kappa shape index (κ2) is 10.8. The van der Waals surface area contributed by atoms with Gasteiger partial charge in [-0.1, -0.05) is 51.1 Å². The van der Waals surface area contributed by atoms with Crippen LogP contribution < -0.4 is 15.4 Å². The number of pyridine rings is 1. The first kappa shape index (κ1) is 24.0. The molecule has 33 heavy (non-hydrogen) atoms. The Morgan fingerprint density at radius 2 is 1.67 bits per heavy atom. The van der Waals surface area contributed by atoms with Crippen molar-refractivity contribution >= 4 is 11.8 Å². The van der Waals surface area contributed by atoms with E-state index in [1.54, 1.807) is 31.5 Å². The van der Waals surface area contributed by atoms with Crippen molar-refractivity contribution in [2.24, 2.45) is 0 Å². The molecule has 0 aliphatic carbocycles. The minimum absolute atomic E-state index is 0.0197. The van der Waals surface area contributed by atoms with Crippen LogP contribution in [0.25, 0.3) is 0 Å². The predicted octanol–water partition coefficient (Wildman–Crippen LogP) is 4.39. The number of carbonyl (C=O) groups excluding carboxylic acids is 2. The zero-order valence-corrected chi connectivity index (χ0v) is 19.6. The van der Waals surface area contributed by atoms with E-state index in [4.69, 9.17) is 4.74 Å². The number of ether oxygens (including phenoxy) is 1. The first-order valence-corrected chi connectivity index (χ1v) is 11.0. The van der Waals surface area contributed by atoms with E-state index >= 15 is 0 Å². The zero-order valence-electron chi connectivity index (χ0n) is 19.6. The molecule has 0 radical (unpaired) electrons. The number of hydrogen-bond acceptors (Lipinski definition) is 4. The highest BCUT2D eigenvalue weighted by molar-refractivity contribution is 5.97. The number of benzene rings is 2. The fourth-order valence-electron chi connectivity index (χ4n) is 3.16. The molecule has 172 valence electrons. The van der Waals surface area contributed by atoms with Crippen LogP contribution in [0.1, 0.15) is 54.7 Å². The van der Waals surface area contributed by atoms with Gasteiger partial charge in [0.05, 0.1) is 0 Å². The highest BCUT2D eigenvalue weighted by atomic mass is 16.5. The van der Waals surface area contributed by atoms with Gasteiger partial charge in [-0.05, 0) is 53.8 Å². The second-order valence-electron chi connectivity index (χ2n) is 9.03. The third-order valence-corrected chi connectivity index (χ3v) is 5.27. The van der Waals surface area contributed by atoms with Crippen molar-refractivity contribution in [1.29, 1.82) is 0 Å². The standard InChI is InChI=1S/C27H31N3O3/c1-19(30-26(32)22-9-11-23(12-10-22)27(2,3)4)25(31)29-17-20-7-13-24(14-8-20)33-18-21-6-5-15-28-16-21/h5-16,19H,17-18H2,1-4H3,(H,29,31)(H,30,32). The van der Waals surface area contributed by atoms with Gasteiger partial charge in [0.1, 0.15) is 18.4 Å². The molecule has 0 aliphatic heterocycles. The zero-order chi connectivity index (χ0) is 23.8. The molecule has 3 rings (SSSR count). The van der Waals surface area contributed by atoms with E-state index in [1.165, 1.54) is 0 Å². The SMILES string of the molecule is CC(NC(=O)c1ccc(C(C)(C)C)cc1)C(=O)NCc1ccc(OCc2cccnc2)cc1. The highest BCUT2D eigenvalue weighted by Crippen LogP contribution is 2.22. The summed E-state index contributed by atoms with van der Waals surface area (Å²) in [6.07, 6.45) is 3.49. The van der Waals surface area contributed by atoms with Crippen LogP contribution in [0.15, 0.2) is 73.1 Å². The highest BCUT2D eigenvalue weighted by Gasteiger charge is 2.18. The van der Waals surface area contributed by atoms with Crippen LogP contribution in [0, 0.1) is 0 Å². The molecule has 2 amide bonds. The Kier molecular flexibility index (Phi) is 7.83. The summed E-state index contributed by atoms with van der Waals surface area (Å²) in [5.41, 5.74) is 3.64. The van der Waals surface area contributed by atoms with Crippen molar-refractivity contribution in [2.75, 3.05) is 0 Å². The summed E-state index contributed by atoms with van der Waals surface area (Å²) in [7, 11) is 0. The van der Waals surface area contributed by atoms with Crippen molar-refractivity contribution in [3.05, 3.63) is 95.3 Å². The maximum absolute atomic E-state index is 12.5. The molecular formula is C27H31N3O3. The Hall–Kier alpha value is -3.67. The molecule has 6 nitrogen and oxygen atoms in total. The molecule has 2 aromatic carbocycles. The summed E-state index contributed by atoms with van der Waals surface area (Å²) >= 11 is 0. The van der Waals surface area contributed by atoms with Crippen LogP contribution in [-0.2, 0) is 23.4 Å². The molecule has 3 aromatic rings. The molecule has 0 aliphatic rings. The van der Waals surface area contributed by atoms with Crippen LogP contribution in [0.2, 0.25) is 0 Å². The number of aromatic nitrogens is 1. The average molecular weight is 446 g/mol. The maximum Gasteiger partial charge on any atom is 0.251 e. The van der Waals surface area contributed by atoms with E-state index in [2.05, 4.69) is 36.4 Å². The summed E-state index contributed by atoms with van der Waals surface area (Å²) in [5.74, 6) is 0.229. The smallest absolute Gasteiger partial charge is 0.251 e. The van der Waals surface area contributed by atoms with Gasteiger partial charge in [0.2, 0.25) is 5.91 Å². The molecule has 0 bridgehead atoms. The maximum atomic E-state index is 12.5. The molecule has 2 N–H and O–H groups in total. The van der Waals surface area contributed by atoms with Crippen molar-refractivity contribution < 1.29 is 14.3 Å². The molecule has 0 spiro atoms. The van der Waals surface area contributed by atoms with Crippen LogP contribution in [0.3, 0.4) is 0 Å². The van der Waals surface area contributed by atoms with Crippen molar-refractivity contribution in [1.82, 2.24) is 15.6 Å². The number of hydrogen-bond donors (Lipinski definition) is 2. The Labute approximate surface area is 195 Å². The normalized spacial score (nSPS) is 12.0. The first-order valence-electron chi connectivity index (χ1n) is 11.0. The summed E-state index contributed by atoms with van der Waals surface area (Å²) < 4.78 is 5.75. The number of nitrogens with zero attached hydrogens (tertiary/aromatic N) is 1. The van der Waals surface area contributed by atoms with Gasteiger partial charge in [-0.3, -0.25) is 14.6 Å². The number of carbonyl (C=O) groups is 2. The van der Waals surface area contributed by atoms with Crippen LogP contribution in [0.4, 0.5) is 0 Å². The van der Waals surface area contributed by atoms with Crippen molar-refractivity contribution in [2.45, 2.75) is 52.3 Å². The predicted molar refractivity (Wildman–Crippen MR) is 129 cm³/mol. The molecular weight excluding hydrogens is 414 g/mol. The largest absolute Gasteiger partial charge is 0.489 e. The first-order chi connectivity index (χ1) is 15.7. The summed E-state index contributed by atoms with van der Waals surface area (Å²) in [6, 6.07) is 18.2. The van der Waals surface area contributed by atoms with Gasteiger partial charge in [-0.15, -0.1) is 0 Å². The number of amides is 2. The van der Waals surface area contributed by atoms with E-state index in [0.29, 0.717) is 18.7 Å². The Balaban J connectivity index is 1.45. The van der Waals surface area contributed by atoms with Gasteiger partial charge >= 0.3 is 0 Å². The van der Waals surface area contributed by atoms with Crippen molar-refractivity contribution in [3.8, 4) is 5.75 Å². The minimum atomic E-state index is -0.651. The monoisotopic (exact) mass is 445 g/mol. The summed E-state index contributed by atoms with van der Waals surface area (Å²) in [4.78, 5) is 29.0. The molecule has 1 unspecified atom stereocenters. The molecule has 6 heteroatoms. The van der Waals surface area contributed by atoms with E-state index in [-0.39, 0.29) is 17.2 Å². The fraction of sp³-hybridized carbons (Fsp3) is 0.296. The topological polar surface area (TPSA) is 80.3 Å². The van der Waals surface area contributed by atoms with E-state index < -0.39 is 6.04 Å². The molecule has 1 heterocycles. The molecule has 1 atom stereocenters. The average Bonchev–Trinajstić information content (AvgIpc) is 2.82. The lowest BCUT2D eigenvalue weighted by Crippen LogP contribution is -2.44. The lowest BCUT2D eigenvalue weighted by Gasteiger charge is -2.19. The van der Waals surface area contributed by atoms with E-state index in [9.17, 15) is 9.59 Å². The van der Waals surface area contributed by atoms with Crippen molar-refractivity contribution in [3.63, 3.8) is 0 Å². The van der Waals surface area contributed by atoms with Gasteiger partial charge in [0.15, 0.2) is 0 Å². The van der Waals surface area contributed by atoms with Crippen LogP contribution in [0.5, 0.6) is 5.75 Å². The molecule has 0 fully saturated rings. The van der Waals surface area contributed by atoms with Crippen LogP contribution in [-0.4, -0.2) is 22.8 Å². The van der Waals surface area contributed by atoms with E-state index in [1.807, 2.05) is 48.5 Å². The summed E-state index contributed by atoms with van der Waals surface area (Å²) in [5, 5.41) is 5.61. The Morgan fingerprint density at radius 1 is 0.970 bits per heavy atom. The Morgan fingerprint density at radius 3 is 2.27 bits per heavy atom. The van der Waals surface area contributed by atoms with Crippen LogP contribution >= 0.6 is 0 Å². The van der Waals surface area contributed by atoms with Gasteiger partial charge in [-0.25, -0.2) is 0 Å². The third-order valence-electron chi connectivity index (χ3n) is 5.27.